The van der Waals surface area contributed by atoms with Crippen LogP contribution >= 0.6 is 23.4 Å². The van der Waals surface area contributed by atoms with E-state index in [0.717, 1.165) is 106 Å². The fraction of sp³-hybridized carbons (Fsp3) is 0.319. The Bertz CT molecular complexity index is 2610. The van der Waals surface area contributed by atoms with Gasteiger partial charge in [-0.3, -0.25) is 19.7 Å². The van der Waals surface area contributed by atoms with E-state index in [1.807, 2.05) is 60.7 Å². The number of nitro benzene ring substituents is 1. The Morgan fingerprint density at radius 1 is 0.825 bits per heavy atom. The molecular formula is C47H52ClN9O4S2. The van der Waals surface area contributed by atoms with E-state index in [9.17, 15) is 18.5 Å². The van der Waals surface area contributed by atoms with Gasteiger partial charge in [-0.25, -0.2) is 18.4 Å². The molecular weight excluding hydrogens is 854 g/mol. The number of benzene rings is 5. The third kappa shape index (κ3) is 11.5. The van der Waals surface area contributed by atoms with Gasteiger partial charge in [-0.1, -0.05) is 66.2 Å². The molecule has 1 aromatic heterocycles. The number of piperazine rings is 2. The number of nitrogens with zero attached hydrogens (tertiary/aromatic N) is 7. The molecule has 0 bridgehead atoms. The van der Waals surface area contributed by atoms with Gasteiger partial charge < -0.3 is 20.0 Å². The van der Waals surface area contributed by atoms with Crippen LogP contribution in [0.5, 0.6) is 0 Å². The minimum atomic E-state index is -4.28. The zero-order valence-electron chi connectivity index (χ0n) is 35.3. The summed E-state index contributed by atoms with van der Waals surface area (Å²) < 4.78 is 30.3. The van der Waals surface area contributed by atoms with Crippen molar-refractivity contribution >= 4 is 67.2 Å². The Morgan fingerprint density at radius 2 is 1.56 bits per heavy atom. The van der Waals surface area contributed by atoms with E-state index in [1.54, 1.807) is 11.8 Å². The first-order chi connectivity index (χ1) is 30.6. The molecule has 0 aliphatic carbocycles. The lowest BCUT2D eigenvalue weighted by Crippen LogP contribution is -2.46. The van der Waals surface area contributed by atoms with Crippen molar-refractivity contribution in [2.75, 3.05) is 86.6 Å². The monoisotopic (exact) mass is 905 g/mol. The summed E-state index contributed by atoms with van der Waals surface area (Å²) in [4.78, 5) is 31.1. The van der Waals surface area contributed by atoms with Gasteiger partial charge in [-0.05, 0) is 97.7 Å². The highest BCUT2D eigenvalue weighted by Gasteiger charge is 2.26. The van der Waals surface area contributed by atoms with Crippen molar-refractivity contribution in [2.24, 2.45) is 0 Å². The van der Waals surface area contributed by atoms with E-state index in [2.05, 4.69) is 83.1 Å². The average Bonchev–Trinajstić information content (AvgIpc) is 3.29. The normalized spacial score (nSPS) is 15.9. The number of halogens is 1. The number of rotatable bonds is 17. The first-order valence-corrected chi connectivity index (χ1v) is 24.1. The van der Waals surface area contributed by atoms with Gasteiger partial charge in [0.25, 0.3) is 15.7 Å². The molecule has 0 amide bonds. The van der Waals surface area contributed by atoms with Crippen molar-refractivity contribution in [2.45, 2.75) is 35.2 Å². The maximum Gasteiger partial charge on any atom is 0.293 e. The molecule has 328 valence electrons. The van der Waals surface area contributed by atoms with Crippen molar-refractivity contribution in [3.05, 3.63) is 142 Å². The minimum absolute atomic E-state index is 0.0925. The summed E-state index contributed by atoms with van der Waals surface area (Å²) in [5.74, 6) is 0.778. The second-order valence-electron chi connectivity index (χ2n) is 16.1. The topological polar surface area (TPSA) is 140 Å². The number of likely N-dealkylation sites (N-methyl/N-ethyl adjacent to an activating group) is 1. The molecule has 8 rings (SSSR count). The van der Waals surface area contributed by atoms with E-state index in [-0.39, 0.29) is 28.1 Å². The van der Waals surface area contributed by atoms with Crippen LogP contribution in [0.3, 0.4) is 0 Å². The Kier molecular flexibility index (Phi) is 14.4. The Hall–Kier alpha value is -5.29. The quantitative estimate of drug-likeness (QED) is 0.0515. The average molecular weight is 907 g/mol. The van der Waals surface area contributed by atoms with Crippen molar-refractivity contribution in [3.63, 3.8) is 0 Å². The number of thioether (sulfide) groups is 1. The Labute approximate surface area is 378 Å². The molecule has 16 heteroatoms. The van der Waals surface area contributed by atoms with Crippen LogP contribution in [-0.4, -0.2) is 116 Å². The summed E-state index contributed by atoms with van der Waals surface area (Å²) in [6.45, 7) is 9.14. The molecule has 5 aromatic carbocycles. The summed E-state index contributed by atoms with van der Waals surface area (Å²) in [6, 6.07) is 36.1. The molecule has 0 radical (unpaired) electrons. The van der Waals surface area contributed by atoms with Crippen LogP contribution < -0.4 is 14.9 Å². The summed E-state index contributed by atoms with van der Waals surface area (Å²) in [5.41, 5.74) is 5.04. The van der Waals surface area contributed by atoms with Crippen molar-refractivity contribution < 1.29 is 13.3 Å². The molecule has 2 N–H and O–H groups in total. The lowest BCUT2D eigenvalue weighted by atomic mass is 9.99. The number of hydrogen-bond donors (Lipinski definition) is 2. The summed E-state index contributed by atoms with van der Waals surface area (Å²) in [6.07, 6.45) is 3.04. The minimum Gasteiger partial charge on any atom is -0.376 e. The second-order valence-corrected chi connectivity index (χ2v) is 19.4. The fourth-order valence-corrected chi connectivity index (χ4v) is 10.5. The summed E-state index contributed by atoms with van der Waals surface area (Å²) >= 11 is 8.13. The fourth-order valence-electron chi connectivity index (χ4n) is 8.22. The first-order valence-electron chi connectivity index (χ1n) is 21.3. The van der Waals surface area contributed by atoms with Crippen LogP contribution in [0, 0.1) is 10.1 Å². The molecule has 0 spiro atoms. The van der Waals surface area contributed by atoms with Gasteiger partial charge in [0.05, 0.1) is 15.3 Å². The van der Waals surface area contributed by atoms with Gasteiger partial charge >= 0.3 is 0 Å². The van der Waals surface area contributed by atoms with Crippen LogP contribution in [0.25, 0.3) is 22.0 Å². The lowest BCUT2D eigenvalue weighted by Gasteiger charge is -2.36. The molecule has 63 heavy (non-hydrogen) atoms. The van der Waals surface area contributed by atoms with Gasteiger partial charge in [-0.2, -0.15) is 0 Å². The predicted octanol–water partition coefficient (Wildman–Crippen LogP) is 8.58. The summed E-state index contributed by atoms with van der Waals surface area (Å²) in [5, 5.41) is 17.1. The van der Waals surface area contributed by atoms with E-state index in [0.29, 0.717) is 16.7 Å². The van der Waals surface area contributed by atoms with E-state index in [4.69, 9.17) is 11.6 Å². The predicted molar refractivity (Wildman–Crippen MR) is 256 cm³/mol. The zero-order chi connectivity index (χ0) is 43.8. The molecule has 0 saturated carbocycles. The van der Waals surface area contributed by atoms with Gasteiger partial charge in [0.15, 0.2) is 5.82 Å². The highest BCUT2D eigenvalue weighted by atomic mass is 35.5. The third-order valence-electron chi connectivity index (χ3n) is 11.8. The number of nitrogens with one attached hydrogen (secondary N) is 2. The van der Waals surface area contributed by atoms with Crippen LogP contribution in [0.2, 0.25) is 5.02 Å². The smallest absolute Gasteiger partial charge is 0.293 e. The molecule has 0 unspecified atom stereocenters. The number of nitro groups is 1. The van der Waals surface area contributed by atoms with Crippen molar-refractivity contribution in [3.8, 4) is 11.1 Å². The number of fused-ring (bicyclic) bond motifs is 1. The van der Waals surface area contributed by atoms with Crippen molar-refractivity contribution in [1.82, 2.24) is 24.7 Å². The Balaban J connectivity index is 0.929. The molecule has 13 nitrogen and oxygen atoms in total. The first kappa shape index (κ1) is 44.3. The van der Waals surface area contributed by atoms with E-state index in [1.165, 1.54) is 29.6 Å². The molecule has 2 aliphatic heterocycles. The molecule has 2 fully saturated rings. The van der Waals surface area contributed by atoms with Crippen molar-refractivity contribution in [1.29, 1.82) is 0 Å². The molecule has 2 aliphatic rings. The standard InChI is InChI=1S/C47H52ClN9O4S2/c1-53-21-23-54(24-22-53)20-8-11-38(33-62-40-12-6-3-7-13-40)51-44-19-16-41(31-46(44)57(58)59)63(60,61)52-47-43-18-15-39(30-45(43)49-34-50-47)56-27-25-55(26-28-56)32-36-29-37(48)14-17-42(36)35-9-4-2-5-10-35/h2-7,9-10,12-19,29-31,34,38,51H,8,11,20-28,32-33H2,1H3,(H,49,50,52)/t38-/m1/s1. The van der Waals surface area contributed by atoms with Crippen LogP contribution in [-0.2, 0) is 16.6 Å². The number of sulfonamides is 1. The number of hydrogen-bond acceptors (Lipinski definition) is 12. The van der Waals surface area contributed by atoms with Crippen LogP contribution in [0.4, 0.5) is 22.9 Å². The van der Waals surface area contributed by atoms with Crippen LogP contribution in [0.15, 0.2) is 131 Å². The molecule has 1 atom stereocenters. The molecule has 2 saturated heterocycles. The molecule has 6 aromatic rings. The summed E-state index contributed by atoms with van der Waals surface area (Å²) in [7, 11) is -2.14. The highest BCUT2D eigenvalue weighted by Crippen LogP contribution is 2.33. The third-order valence-corrected chi connectivity index (χ3v) is 14.5. The van der Waals surface area contributed by atoms with Gasteiger partial charge in [0.2, 0.25) is 0 Å². The molecule has 3 heterocycles. The van der Waals surface area contributed by atoms with Gasteiger partial charge in [0.1, 0.15) is 12.0 Å². The maximum atomic E-state index is 13.9. The number of anilines is 3. The maximum absolute atomic E-state index is 13.9. The number of aromatic nitrogens is 2. The van der Waals surface area contributed by atoms with E-state index >= 15 is 0 Å². The zero-order valence-corrected chi connectivity index (χ0v) is 37.7. The SMILES string of the molecule is CN1CCN(CCC[C@H](CSc2ccccc2)Nc2ccc(S(=O)(=O)Nc3ncnc4cc(N5CCN(Cc6cc(Cl)ccc6-c6ccccc6)CC5)ccc34)cc2[N+](=O)[O-])CC1. The Morgan fingerprint density at radius 3 is 2.30 bits per heavy atom. The second kappa shape index (κ2) is 20.5. The van der Waals surface area contributed by atoms with E-state index < -0.39 is 14.9 Å². The largest absolute Gasteiger partial charge is 0.376 e. The van der Waals surface area contributed by atoms with Crippen LogP contribution in [0.1, 0.15) is 18.4 Å². The van der Waals surface area contributed by atoms with Gasteiger partial charge in [0, 0.05) is 97.8 Å². The van der Waals surface area contributed by atoms with Gasteiger partial charge in [-0.15, -0.1) is 11.8 Å². The lowest BCUT2D eigenvalue weighted by molar-refractivity contribution is -0.384. The highest BCUT2D eigenvalue weighted by molar-refractivity contribution is 7.99.